The van der Waals surface area contributed by atoms with Gasteiger partial charge >= 0.3 is 0 Å². The summed E-state index contributed by atoms with van der Waals surface area (Å²) in [5.74, 6) is 0.0885. The lowest BCUT2D eigenvalue weighted by atomic mass is 10.0. The highest BCUT2D eigenvalue weighted by Gasteiger charge is 2.14. The SMILES string of the molecule is CN(C)c1ccccc1C(=O)c1ccsc1. The third-order valence-electron chi connectivity index (χ3n) is 2.41. The molecule has 16 heavy (non-hydrogen) atoms. The minimum absolute atomic E-state index is 0.0885. The van der Waals surface area contributed by atoms with Crippen molar-refractivity contribution in [3.05, 3.63) is 52.2 Å². The van der Waals surface area contributed by atoms with Crippen LogP contribution in [0.15, 0.2) is 41.1 Å². The first-order chi connectivity index (χ1) is 7.70. The van der Waals surface area contributed by atoms with E-state index in [4.69, 9.17) is 0 Å². The van der Waals surface area contributed by atoms with Gasteiger partial charge in [-0.2, -0.15) is 11.3 Å². The first kappa shape index (κ1) is 10.9. The summed E-state index contributed by atoms with van der Waals surface area (Å²) < 4.78 is 0. The predicted octanol–water partition coefficient (Wildman–Crippen LogP) is 3.05. The van der Waals surface area contributed by atoms with Gasteiger partial charge in [0.15, 0.2) is 5.78 Å². The van der Waals surface area contributed by atoms with Crippen molar-refractivity contribution in [1.29, 1.82) is 0 Å². The molecular formula is C13H13NOS. The van der Waals surface area contributed by atoms with E-state index in [0.29, 0.717) is 0 Å². The van der Waals surface area contributed by atoms with Crippen molar-refractivity contribution in [3.8, 4) is 0 Å². The number of carbonyl (C=O) groups excluding carboxylic acids is 1. The number of para-hydroxylation sites is 1. The quantitative estimate of drug-likeness (QED) is 0.757. The molecule has 1 aromatic carbocycles. The molecule has 82 valence electrons. The molecule has 2 aromatic rings. The Morgan fingerprint density at radius 2 is 1.94 bits per heavy atom. The number of ketones is 1. The summed E-state index contributed by atoms with van der Waals surface area (Å²) in [6.07, 6.45) is 0. The van der Waals surface area contributed by atoms with Crippen molar-refractivity contribution in [2.24, 2.45) is 0 Å². The maximum atomic E-state index is 12.2. The van der Waals surface area contributed by atoms with E-state index in [9.17, 15) is 4.79 Å². The van der Waals surface area contributed by atoms with Gasteiger partial charge in [0.1, 0.15) is 0 Å². The van der Waals surface area contributed by atoms with Crippen LogP contribution in [0.25, 0.3) is 0 Å². The van der Waals surface area contributed by atoms with Crippen molar-refractivity contribution in [2.75, 3.05) is 19.0 Å². The second-order valence-corrected chi connectivity index (χ2v) is 4.53. The molecule has 0 aliphatic heterocycles. The molecule has 0 N–H and O–H groups in total. The molecule has 0 bridgehead atoms. The molecule has 1 aromatic heterocycles. The second-order valence-electron chi connectivity index (χ2n) is 3.75. The van der Waals surface area contributed by atoms with Gasteiger partial charge in [-0.3, -0.25) is 4.79 Å². The number of anilines is 1. The van der Waals surface area contributed by atoms with Gasteiger partial charge in [0.05, 0.1) is 0 Å². The summed E-state index contributed by atoms with van der Waals surface area (Å²) in [5.41, 5.74) is 2.48. The van der Waals surface area contributed by atoms with Crippen LogP contribution >= 0.6 is 11.3 Å². The fourth-order valence-corrected chi connectivity index (χ4v) is 2.24. The molecule has 0 saturated heterocycles. The summed E-state index contributed by atoms with van der Waals surface area (Å²) >= 11 is 1.54. The highest BCUT2D eigenvalue weighted by molar-refractivity contribution is 7.08. The van der Waals surface area contributed by atoms with Crippen LogP contribution < -0.4 is 4.90 Å². The van der Waals surface area contributed by atoms with Gasteiger partial charge in [-0.15, -0.1) is 0 Å². The number of nitrogens with zero attached hydrogens (tertiary/aromatic N) is 1. The van der Waals surface area contributed by atoms with Crippen molar-refractivity contribution >= 4 is 22.8 Å². The zero-order valence-corrected chi connectivity index (χ0v) is 10.1. The van der Waals surface area contributed by atoms with Crippen LogP contribution in [-0.4, -0.2) is 19.9 Å². The number of rotatable bonds is 3. The van der Waals surface area contributed by atoms with Crippen molar-refractivity contribution in [3.63, 3.8) is 0 Å². The number of carbonyl (C=O) groups is 1. The molecule has 0 atom stereocenters. The normalized spacial score (nSPS) is 10.1. The molecular weight excluding hydrogens is 218 g/mol. The predicted molar refractivity (Wildman–Crippen MR) is 68.5 cm³/mol. The topological polar surface area (TPSA) is 20.3 Å². The molecule has 0 fully saturated rings. The van der Waals surface area contributed by atoms with Gasteiger partial charge < -0.3 is 4.90 Å². The Hall–Kier alpha value is -1.61. The fourth-order valence-electron chi connectivity index (χ4n) is 1.60. The zero-order valence-electron chi connectivity index (χ0n) is 9.31. The summed E-state index contributed by atoms with van der Waals surface area (Å²) in [6.45, 7) is 0. The van der Waals surface area contributed by atoms with E-state index in [1.807, 2.05) is 60.1 Å². The minimum atomic E-state index is 0.0885. The molecule has 0 amide bonds. The standard InChI is InChI=1S/C13H13NOS/c1-14(2)12-6-4-3-5-11(12)13(15)10-7-8-16-9-10/h3-9H,1-2H3. The summed E-state index contributed by atoms with van der Waals surface area (Å²) in [5, 5.41) is 3.81. The molecule has 2 nitrogen and oxygen atoms in total. The number of hydrogen-bond donors (Lipinski definition) is 0. The fraction of sp³-hybridized carbons (Fsp3) is 0.154. The average molecular weight is 231 g/mol. The van der Waals surface area contributed by atoms with Gasteiger partial charge in [-0.25, -0.2) is 0 Å². The van der Waals surface area contributed by atoms with Gasteiger partial charge in [-0.05, 0) is 23.6 Å². The van der Waals surface area contributed by atoms with Crippen LogP contribution in [0.5, 0.6) is 0 Å². The van der Waals surface area contributed by atoms with E-state index in [-0.39, 0.29) is 5.78 Å². The molecule has 0 spiro atoms. The van der Waals surface area contributed by atoms with Gasteiger partial charge in [0.25, 0.3) is 0 Å². The lowest BCUT2D eigenvalue weighted by Crippen LogP contribution is -2.14. The smallest absolute Gasteiger partial charge is 0.195 e. The van der Waals surface area contributed by atoms with E-state index in [1.54, 1.807) is 11.3 Å². The summed E-state index contributed by atoms with van der Waals surface area (Å²) in [6, 6.07) is 9.53. The second kappa shape index (κ2) is 4.49. The number of benzene rings is 1. The first-order valence-electron chi connectivity index (χ1n) is 5.03. The molecule has 0 saturated carbocycles. The maximum absolute atomic E-state index is 12.2. The van der Waals surface area contributed by atoms with Crippen LogP contribution in [0.4, 0.5) is 5.69 Å². The van der Waals surface area contributed by atoms with E-state index in [2.05, 4.69) is 0 Å². The maximum Gasteiger partial charge on any atom is 0.195 e. The van der Waals surface area contributed by atoms with E-state index < -0.39 is 0 Å². The molecule has 0 radical (unpaired) electrons. The number of hydrogen-bond acceptors (Lipinski definition) is 3. The third-order valence-corrected chi connectivity index (χ3v) is 3.10. The zero-order chi connectivity index (χ0) is 11.5. The van der Waals surface area contributed by atoms with Crippen LogP contribution in [0.3, 0.4) is 0 Å². The molecule has 0 aliphatic rings. The highest BCUT2D eigenvalue weighted by Crippen LogP contribution is 2.22. The Morgan fingerprint density at radius 1 is 1.19 bits per heavy atom. The van der Waals surface area contributed by atoms with Crippen molar-refractivity contribution in [1.82, 2.24) is 0 Å². The van der Waals surface area contributed by atoms with Crippen molar-refractivity contribution in [2.45, 2.75) is 0 Å². The molecule has 1 heterocycles. The van der Waals surface area contributed by atoms with Crippen LogP contribution in [0.2, 0.25) is 0 Å². The van der Waals surface area contributed by atoms with Gasteiger partial charge in [0, 0.05) is 36.3 Å². The first-order valence-corrected chi connectivity index (χ1v) is 5.97. The van der Waals surface area contributed by atoms with Crippen LogP contribution in [0, 0.1) is 0 Å². The average Bonchev–Trinajstić information content (AvgIpc) is 2.81. The van der Waals surface area contributed by atoms with E-state index in [0.717, 1.165) is 16.8 Å². The molecule has 3 heteroatoms. The monoisotopic (exact) mass is 231 g/mol. The van der Waals surface area contributed by atoms with E-state index in [1.165, 1.54) is 0 Å². The third kappa shape index (κ3) is 1.99. The Labute approximate surface area is 99.1 Å². The van der Waals surface area contributed by atoms with Gasteiger partial charge in [-0.1, -0.05) is 12.1 Å². The Kier molecular flexibility index (Phi) is 3.06. The summed E-state index contributed by atoms with van der Waals surface area (Å²) in [7, 11) is 3.89. The van der Waals surface area contributed by atoms with Crippen molar-refractivity contribution < 1.29 is 4.79 Å². The lowest BCUT2D eigenvalue weighted by molar-refractivity contribution is 0.103. The molecule has 0 unspecified atom stereocenters. The lowest BCUT2D eigenvalue weighted by Gasteiger charge is -2.16. The number of thiophene rings is 1. The highest BCUT2D eigenvalue weighted by atomic mass is 32.1. The van der Waals surface area contributed by atoms with Crippen LogP contribution in [-0.2, 0) is 0 Å². The largest absolute Gasteiger partial charge is 0.377 e. The van der Waals surface area contributed by atoms with Gasteiger partial charge in [0.2, 0.25) is 0 Å². The summed E-state index contributed by atoms with van der Waals surface area (Å²) in [4.78, 5) is 14.2. The molecule has 0 aliphatic carbocycles. The molecule has 2 rings (SSSR count). The Bertz CT molecular complexity index is 488. The van der Waals surface area contributed by atoms with E-state index >= 15 is 0 Å². The minimum Gasteiger partial charge on any atom is -0.377 e. The Balaban J connectivity index is 2.44. The Morgan fingerprint density at radius 3 is 2.56 bits per heavy atom. The van der Waals surface area contributed by atoms with Crippen LogP contribution in [0.1, 0.15) is 15.9 Å².